The fourth-order valence-electron chi connectivity index (χ4n) is 3.08. The number of rotatable bonds is 5. The van der Waals surface area contributed by atoms with Gasteiger partial charge in [-0.15, -0.1) is 11.3 Å². The van der Waals surface area contributed by atoms with E-state index in [1.807, 2.05) is 0 Å². The van der Waals surface area contributed by atoms with Crippen LogP contribution >= 0.6 is 11.3 Å². The Kier molecular flexibility index (Phi) is 4.80. The standard InChI is InChI=1S/C17H23N3O2S/c1-3-4-9-19(2)14(21)10-20-11-18-16-15(17(20)22)12-7-5-6-8-13(12)23-16/h11H,3-10H2,1-2H3. The van der Waals surface area contributed by atoms with Gasteiger partial charge in [-0.3, -0.25) is 14.2 Å². The van der Waals surface area contributed by atoms with Gasteiger partial charge in [-0.1, -0.05) is 13.3 Å². The molecule has 5 nitrogen and oxygen atoms in total. The predicted octanol–water partition coefficient (Wildman–Crippen LogP) is 2.60. The highest BCUT2D eigenvalue weighted by molar-refractivity contribution is 7.18. The molecule has 0 saturated carbocycles. The average molecular weight is 333 g/mol. The van der Waals surface area contributed by atoms with Crippen LogP contribution in [0.3, 0.4) is 0 Å². The number of aryl methyl sites for hydroxylation is 2. The Bertz CT molecular complexity index is 778. The molecule has 2 aromatic heterocycles. The maximum absolute atomic E-state index is 12.8. The Morgan fingerprint density at radius 1 is 1.39 bits per heavy atom. The summed E-state index contributed by atoms with van der Waals surface area (Å²) in [4.78, 5) is 33.3. The predicted molar refractivity (Wildman–Crippen MR) is 93.1 cm³/mol. The summed E-state index contributed by atoms with van der Waals surface area (Å²) in [6.07, 6.45) is 7.88. The molecule has 0 radical (unpaired) electrons. The maximum Gasteiger partial charge on any atom is 0.262 e. The second-order valence-electron chi connectivity index (χ2n) is 6.24. The van der Waals surface area contributed by atoms with Crippen molar-refractivity contribution in [3.63, 3.8) is 0 Å². The normalized spacial score (nSPS) is 14.0. The molecule has 0 unspecified atom stereocenters. The van der Waals surface area contributed by atoms with Crippen LogP contribution < -0.4 is 5.56 Å². The third kappa shape index (κ3) is 3.17. The van der Waals surface area contributed by atoms with Crippen LogP contribution in [0.4, 0.5) is 0 Å². The molecule has 0 fully saturated rings. The molecule has 0 N–H and O–H groups in total. The zero-order valence-corrected chi connectivity index (χ0v) is 14.6. The van der Waals surface area contributed by atoms with Gasteiger partial charge in [-0.2, -0.15) is 0 Å². The van der Waals surface area contributed by atoms with Crippen molar-refractivity contribution in [1.29, 1.82) is 0 Å². The van der Waals surface area contributed by atoms with Crippen LogP contribution in [0.15, 0.2) is 11.1 Å². The summed E-state index contributed by atoms with van der Waals surface area (Å²) in [5.74, 6) is -0.0363. The van der Waals surface area contributed by atoms with E-state index in [1.165, 1.54) is 27.8 Å². The summed E-state index contributed by atoms with van der Waals surface area (Å²) in [5.41, 5.74) is 1.11. The Balaban J connectivity index is 1.89. The van der Waals surface area contributed by atoms with E-state index in [4.69, 9.17) is 0 Å². The molecule has 23 heavy (non-hydrogen) atoms. The van der Waals surface area contributed by atoms with E-state index in [9.17, 15) is 9.59 Å². The number of fused-ring (bicyclic) bond motifs is 3. The van der Waals surface area contributed by atoms with Crippen LogP contribution in [0.25, 0.3) is 10.2 Å². The number of carbonyl (C=O) groups excluding carboxylic acids is 1. The Hall–Kier alpha value is -1.69. The van der Waals surface area contributed by atoms with Crippen molar-refractivity contribution in [2.24, 2.45) is 0 Å². The highest BCUT2D eigenvalue weighted by Crippen LogP contribution is 2.33. The smallest absolute Gasteiger partial charge is 0.262 e. The summed E-state index contributed by atoms with van der Waals surface area (Å²) >= 11 is 1.64. The van der Waals surface area contributed by atoms with Crippen LogP contribution in [-0.2, 0) is 24.2 Å². The van der Waals surface area contributed by atoms with Crippen LogP contribution in [0.1, 0.15) is 43.0 Å². The van der Waals surface area contributed by atoms with E-state index in [1.54, 1.807) is 23.3 Å². The minimum Gasteiger partial charge on any atom is -0.344 e. The largest absolute Gasteiger partial charge is 0.344 e. The van der Waals surface area contributed by atoms with Gasteiger partial charge in [0.05, 0.1) is 11.7 Å². The fraction of sp³-hybridized carbons (Fsp3) is 0.588. The number of carbonyl (C=O) groups is 1. The Morgan fingerprint density at radius 3 is 2.96 bits per heavy atom. The van der Waals surface area contributed by atoms with Gasteiger partial charge in [0.1, 0.15) is 11.4 Å². The number of hydrogen-bond donors (Lipinski definition) is 0. The molecule has 0 aromatic carbocycles. The molecule has 2 aromatic rings. The molecule has 1 aliphatic carbocycles. The number of aromatic nitrogens is 2. The fourth-order valence-corrected chi connectivity index (χ4v) is 4.30. The number of hydrogen-bond acceptors (Lipinski definition) is 4. The molecule has 3 rings (SSSR count). The monoisotopic (exact) mass is 333 g/mol. The van der Waals surface area contributed by atoms with Crippen LogP contribution in [0.2, 0.25) is 0 Å². The molecule has 1 aliphatic rings. The molecule has 6 heteroatoms. The average Bonchev–Trinajstić information content (AvgIpc) is 2.94. The van der Waals surface area contributed by atoms with E-state index in [-0.39, 0.29) is 18.0 Å². The van der Waals surface area contributed by atoms with Crippen molar-refractivity contribution >= 4 is 27.5 Å². The lowest BCUT2D eigenvalue weighted by molar-refractivity contribution is -0.130. The summed E-state index contributed by atoms with van der Waals surface area (Å²) in [5, 5.41) is 0.746. The lowest BCUT2D eigenvalue weighted by atomic mass is 9.97. The van der Waals surface area contributed by atoms with Gasteiger partial charge in [-0.05, 0) is 37.7 Å². The zero-order valence-electron chi connectivity index (χ0n) is 13.8. The van der Waals surface area contributed by atoms with E-state index in [0.717, 1.165) is 48.9 Å². The van der Waals surface area contributed by atoms with Gasteiger partial charge in [-0.25, -0.2) is 4.98 Å². The first-order valence-electron chi connectivity index (χ1n) is 8.35. The van der Waals surface area contributed by atoms with Crippen molar-refractivity contribution in [2.45, 2.75) is 52.0 Å². The summed E-state index contributed by atoms with van der Waals surface area (Å²) < 4.78 is 1.47. The lowest BCUT2D eigenvalue weighted by Gasteiger charge is -2.17. The second kappa shape index (κ2) is 6.83. The zero-order chi connectivity index (χ0) is 16.4. The number of likely N-dealkylation sites (N-methyl/N-ethyl adjacent to an activating group) is 1. The van der Waals surface area contributed by atoms with Gasteiger partial charge < -0.3 is 4.90 Å². The highest BCUT2D eigenvalue weighted by Gasteiger charge is 2.20. The Labute approximate surface area is 139 Å². The van der Waals surface area contributed by atoms with E-state index >= 15 is 0 Å². The quantitative estimate of drug-likeness (QED) is 0.845. The molecule has 0 bridgehead atoms. The summed E-state index contributed by atoms with van der Waals surface area (Å²) in [6, 6.07) is 0. The van der Waals surface area contributed by atoms with Crippen molar-refractivity contribution in [1.82, 2.24) is 14.5 Å². The number of thiophene rings is 1. The first kappa shape index (κ1) is 16.2. The molecule has 0 atom stereocenters. The van der Waals surface area contributed by atoms with Crippen LogP contribution in [0.5, 0.6) is 0 Å². The minimum absolute atomic E-state index is 0.0363. The van der Waals surface area contributed by atoms with Gasteiger partial charge in [0.25, 0.3) is 5.56 Å². The molecule has 0 spiro atoms. The Morgan fingerprint density at radius 2 is 2.17 bits per heavy atom. The minimum atomic E-state index is -0.0633. The van der Waals surface area contributed by atoms with Crippen molar-refractivity contribution in [2.75, 3.05) is 13.6 Å². The number of nitrogens with zero attached hydrogens (tertiary/aromatic N) is 3. The summed E-state index contributed by atoms with van der Waals surface area (Å²) in [6.45, 7) is 2.90. The van der Waals surface area contributed by atoms with Crippen molar-refractivity contribution < 1.29 is 4.79 Å². The first-order chi connectivity index (χ1) is 11.1. The summed E-state index contributed by atoms with van der Waals surface area (Å²) in [7, 11) is 1.79. The first-order valence-corrected chi connectivity index (χ1v) is 9.17. The second-order valence-corrected chi connectivity index (χ2v) is 7.32. The van der Waals surface area contributed by atoms with E-state index in [0.29, 0.717) is 0 Å². The molecule has 0 saturated heterocycles. The van der Waals surface area contributed by atoms with Gasteiger partial charge >= 0.3 is 0 Å². The van der Waals surface area contributed by atoms with Crippen LogP contribution in [0, 0.1) is 0 Å². The van der Waals surface area contributed by atoms with Crippen molar-refractivity contribution in [3.05, 3.63) is 27.1 Å². The highest BCUT2D eigenvalue weighted by atomic mass is 32.1. The molecular weight excluding hydrogens is 310 g/mol. The number of unbranched alkanes of at least 4 members (excludes halogenated alkanes) is 1. The van der Waals surface area contributed by atoms with Gasteiger partial charge in [0.2, 0.25) is 5.91 Å². The maximum atomic E-state index is 12.8. The van der Waals surface area contributed by atoms with Crippen LogP contribution in [-0.4, -0.2) is 34.0 Å². The topological polar surface area (TPSA) is 55.2 Å². The molecule has 1 amide bonds. The van der Waals surface area contributed by atoms with E-state index in [2.05, 4.69) is 11.9 Å². The van der Waals surface area contributed by atoms with Crippen molar-refractivity contribution in [3.8, 4) is 0 Å². The number of amides is 1. The SMILES string of the molecule is CCCCN(C)C(=O)Cn1cnc2sc3c(c2c1=O)CCCC3. The third-order valence-electron chi connectivity index (χ3n) is 4.52. The molecule has 0 aliphatic heterocycles. The van der Waals surface area contributed by atoms with Gasteiger partial charge in [0, 0.05) is 18.5 Å². The van der Waals surface area contributed by atoms with Gasteiger partial charge in [0.15, 0.2) is 0 Å². The molecule has 124 valence electrons. The molecule has 2 heterocycles. The lowest BCUT2D eigenvalue weighted by Crippen LogP contribution is -2.34. The third-order valence-corrected chi connectivity index (χ3v) is 5.72. The molecular formula is C17H23N3O2S. The van der Waals surface area contributed by atoms with E-state index < -0.39 is 0 Å².